The second-order valence-corrected chi connectivity index (χ2v) is 9.66. The molecule has 2 N–H and O–H groups in total. The molecule has 3 aromatic rings. The highest BCUT2D eigenvalue weighted by Crippen LogP contribution is 2.25. The van der Waals surface area contributed by atoms with Crippen molar-refractivity contribution < 1.29 is 26.2 Å². The van der Waals surface area contributed by atoms with Crippen LogP contribution < -0.4 is 9.44 Å². The lowest BCUT2D eigenvalue weighted by atomic mass is 10.2. The Morgan fingerprint density at radius 3 is 2.43 bits per heavy atom. The molecular formula is C18H17N3O7S2. The first-order chi connectivity index (χ1) is 14.1. The van der Waals surface area contributed by atoms with Crippen molar-refractivity contribution in [2.24, 2.45) is 0 Å². The second-order valence-electron chi connectivity index (χ2n) is 6.24. The van der Waals surface area contributed by atoms with E-state index in [2.05, 4.69) is 9.44 Å². The van der Waals surface area contributed by atoms with Gasteiger partial charge in [-0.2, -0.15) is 0 Å². The molecule has 0 bridgehead atoms. The van der Waals surface area contributed by atoms with E-state index in [0.29, 0.717) is 11.3 Å². The van der Waals surface area contributed by atoms with Crippen molar-refractivity contribution in [1.29, 1.82) is 0 Å². The zero-order valence-corrected chi connectivity index (χ0v) is 17.2. The molecule has 0 saturated heterocycles. The van der Waals surface area contributed by atoms with Gasteiger partial charge < -0.3 is 4.42 Å². The van der Waals surface area contributed by atoms with E-state index in [0.717, 1.165) is 12.1 Å². The van der Waals surface area contributed by atoms with Gasteiger partial charge in [-0.25, -0.2) is 21.6 Å². The third-order valence-electron chi connectivity index (χ3n) is 4.09. The molecule has 1 heterocycles. The van der Waals surface area contributed by atoms with Gasteiger partial charge in [0.2, 0.25) is 10.0 Å². The van der Waals surface area contributed by atoms with Gasteiger partial charge in [0.05, 0.1) is 33.2 Å². The maximum absolute atomic E-state index is 12.7. The second kappa shape index (κ2) is 8.26. The number of nitro groups is 1. The average molecular weight is 451 g/mol. The van der Waals surface area contributed by atoms with Gasteiger partial charge in [0.15, 0.2) is 0 Å². The van der Waals surface area contributed by atoms with Crippen LogP contribution in [0.1, 0.15) is 11.3 Å². The monoisotopic (exact) mass is 451 g/mol. The lowest BCUT2D eigenvalue weighted by Gasteiger charge is -2.12. The predicted octanol–water partition coefficient (Wildman–Crippen LogP) is 2.78. The smallest absolute Gasteiger partial charge is 0.270 e. The third kappa shape index (κ3) is 4.84. The molecule has 0 aliphatic heterocycles. The van der Waals surface area contributed by atoms with Gasteiger partial charge in [-0.1, -0.05) is 12.1 Å². The van der Waals surface area contributed by atoms with E-state index in [1.165, 1.54) is 43.5 Å². The van der Waals surface area contributed by atoms with Crippen LogP contribution in [-0.2, 0) is 26.6 Å². The number of benzene rings is 2. The van der Waals surface area contributed by atoms with E-state index in [9.17, 15) is 26.9 Å². The van der Waals surface area contributed by atoms with Gasteiger partial charge >= 0.3 is 0 Å². The Labute approximate surface area is 172 Å². The Morgan fingerprint density at radius 2 is 1.77 bits per heavy atom. The number of sulfonamides is 2. The summed E-state index contributed by atoms with van der Waals surface area (Å²) in [6.45, 7) is 1.43. The zero-order valence-electron chi connectivity index (χ0n) is 15.6. The fourth-order valence-corrected chi connectivity index (χ4v) is 4.95. The number of nitro benzene ring substituents is 1. The molecule has 30 heavy (non-hydrogen) atoms. The lowest BCUT2D eigenvalue weighted by Crippen LogP contribution is -2.23. The third-order valence-corrected chi connectivity index (χ3v) is 7.01. The number of furan rings is 1. The molecule has 0 aliphatic rings. The van der Waals surface area contributed by atoms with Gasteiger partial charge in [0.1, 0.15) is 5.76 Å². The number of aryl methyl sites for hydroxylation is 1. The normalized spacial score (nSPS) is 11.9. The summed E-state index contributed by atoms with van der Waals surface area (Å²) >= 11 is 0. The maximum atomic E-state index is 12.7. The number of non-ortho nitro benzene ring substituents is 1. The van der Waals surface area contributed by atoms with Crippen LogP contribution in [0.3, 0.4) is 0 Å². The van der Waals surface area contributed by atoms with Crippen LogP contribution in [-0.4, -0.2) is 21.8 Å². The van der Waals surface area contributed by atoms with Crippen LogP contribution in [0.5, 0.6) is 0 Å². The molecule has 0 fully saturated rings. The highest BCUT2D eigenvalue weighted by Gasteiger charge is 2.22. The summed E-state index contributed by atoms with van der Waals surface area (Å²) in [5.74, 6) is 0.413. The van der Waals surface area contributed by atoms with Crippen molar-refractivity contribution in [3.8, 4) is 0 Å². The molecule has 0 amide bonds. The predicted molar refractivity (Wildman–Crippen MR) is 108 cm³/mol. The first-order valence-corrected chi connectivity index (χ1v) is 11.4. The SMILES string of the molecule is Cc1ccc([N+](=O)[O-])cc1S(=O)(=O)Nc1cccc(S(=O)(=O)NCc2ccco2)c1. The van der Waals surface area contributed by atoms with Crippen molar-refractivity contribution in [3.63, 3.8) is 0 Å². The maximum Gasteiger partial charge on any atom is 0.270 e. The Bertz CT molecular complexity index is 1290. The van der Waals surface area contributed by atoms with E-state index in [1.54, 1.807) is 12.1 Å². The number of anilines is 1. The van der Waals surface area contributed by atoms with Crippen molar-refractivity contribution in [3.05, 3.63) is 82.3 Å². The topological polar surface area (TPSA) is 149 Å². The zero-order chi connectivity index (χ0) is 21.9. The molecule has 0 spiro atoms. The summed E-state index contributed by atoms with van der Waals surface area (Å²) in [7, 11) is -8.13. The standard InChI is InChI=1S/C18H17N3O7S2/c1-13-7-8-15(21(22)23)11-18(13)30(26,27)20-14-4-2-6-17(10-14)29(24,25)19-12-16-5-3-9-28-16/h2-11,19-20H,12H2,1H3. The largest absolute Gasteiger partial charge is 0.468 e. The van der Waals surface area contributed by atoms with Crippen molar-refractivity contribution >= 4 is 31.4 Å². The van der Waals surface area contributed by atoms with Crippen molar-refractivity contribution in [2.75, 3.05) is 4.72 Å². The summed E-state index contributed by atoms with van der Waals surface area (Å²) in [6, 6.07) is 11.9. The molecule has 0 saturated carbocycles. The first kappa shape index (κ1) is 21.5. The molecule has 12 heteroatoms. The van der Waals surface area contributed by atoms with Crippen LogP contribution in [0.15, 0.2) is 75.1 Å². The molecule has 0 aliphatic carbocycles. The summed E-state index contributed by atoms with van der Waals surface area (Å²) < 4.78 is 60.1. The van der Waals surface area contributed by atoms with Gasteiger partial charge in [-0.3, -0.25) is 14.8 Å². The van der Waals surface area contributed by atoms with Crippen LogP contribution in [0.4, 0.5) is 11.4 Å². The Balaban J connectivity index is 1.86. The van der Waals surface area contributed by atoms with Crippen molar-refractivity contribution in [1.82, 2.24) is 4.72 Å². The van der Waals surface area contributed by atoms with Crippen LogP contribution >= 0.6 is 0 Å². The van der Waals surface area contributed by atoms with E-state index in [-0.39, 0.29) is 27.7 Å². The number of hydrogen-bond acceptors (Lipinski definition) is 7. The number of nitrogens with one attached hydrogen (secondary N) is 2. The average Bonchev–Trinajstić information content (AvgIpc) is 3.20. The number of nitrogens with zero attached hydrogens (tertiary/aromatic N) is 1. The highest BCUT2D eigenvalue weighted by atomic mass is 32.2. The molecule has 2 aromatic carbocycles. The molecule has 0 unspecified atom stereocenters. The minimum atomic E-state index is -4.19. The summed E-state index contributed by atoms with van der Waals surface area (Å²) in [4.78, 5) is 9.82. The fraction of sp³-hybridized carbons (Fsp3) is 0.111. The molecule has 1 aromatic heterocycles. The van der Waals surface area contributed by atoms with Crippen molar-refractivity contribution in [2.45, 2.75) is 23.3 Å². The molecule has 158 valence electrons. The lowest BCUT2D eigenvalue weighted by molar-refractivity contribution is -0.385. The summed E-state index contributed by atoms with van der Waals surface area (Å²) in [6.07, 6.45) is 1.41. The van der Waals surface area contributed by atoms with Gasteiger partial charge in [0, 0.05) is 12.1 Å². The molecular weight excluding hydrogens is 434 g/mol. The van der Waals surface area contributed by atoms with Gasteiger partial charge in [-0.05, 0) is 42.8 Å². The quantitative estimate of drug-likeness (QED) is 0.395. The van der Waals surface area contributed by atoms with E-state index in [4.69, 9.17) is 4.42 Å². The van der Waals surface area contributed by atoms with Crippen LogP contribution in [0.25, 0.3) is 0 Å². The Hall–Kier alpha value is -3.22. The minimum Gasteiger partial charge on any atom is -0.468 e. The highest BCUT2D eigenvalue weighted by molar-refractivity contribution is 7.92. The van der Waals surface area contributed by atoms with Crippen LogP contribution in [0, 0.1) is 17.0 Å². The minimum absolute atomic E-state index is 0.0122. The Kier molecular flexibility index (Phi) is 5.92. The summed E-state index contributed by atoms with van der Waals surface area (Å²) in [5.41, 5.74) is -0.0850. The van der Waals surface area contributed by atoms with E-state index < -0.39 is 25.0 Å². The van der Waals surface area contributed by atoms with E-state index in [1.807, 2.05) is 0 Å². The molecule has 0 atom stereocenters. The molecule has 3 rings (SSSR count). The first-order valence-electron chi connectivity index (χ1n) is 8.48. The number of rotatable bonds is 8. The van der Waals surface area contributed by atoms with E-state index >= 15 is 0 Å². The molecule has 0 radical (unpaired) electrons. The molecule has 10 nitrogen and oxygen atoms in total. The summed E-state index contributed by atoms with van der Waals surface area (Å²) in [5, 5.41) is 11.0. The van der Waals surface area contributed by atoms with Gasteiger partial charge in [0.25, 0.3) is 15.7 Å². The van der Waals surface area contributed by atoms with Crippen LogP contribution in [0.2, 0.25) is 0 Å². The fourth-order valence-electron chi connectivity index (χ4n) is 2.59. The Morgan fingerprint density at radius 1 is 1.00 bits per heavy atom. The van der Waals surface area contributed by atoms with Gasteiger partial charge in [-0.15, -0.1) is 0 Å². The number of hydrogen-bond donors (Lipinski definition) is 2.